The van der Waals surface area contributed by atoms with Gasteiger partial charge in [0.25, 0.3) is 0 Å². The van der Waals surface area contributed by atoms with Gasteiger partial charge in [-0.15, -0.1) is 0 Å². The highest BCUT2D eigenvalue weighted by Gasteiger charge is 1.92. The Hall–Kier alpha value is -0.200. The molecule has 0 fully saturated rings. The van der Waals surface area contributed by atoms with Crippen molar-refractivity contribution in [2.24, 2.45) is 0 Å². The predicted octanol–water partition coefficient (Wildman–Crippen LogP) is -1.33. The van der Waals surface area contributed by atoms with Crippen LogP contribution < -0.4 is 16.2 Å². The molecular formula is C4H14N4O. The van der Waals surface area contributed by atoms with Gasteiger partial charge in [-0.3, -0.25) is 4.84 Å². The van der Waals surface area contributed by atoms with Crippen molar-refractivity contribution in [3.8, 4) is 0 Å². The molecule has 0 radical (unpaired) electrons. The average Bonchev–Trinajstić information content (AvgIpc) is 1.91. The molecule has 0 aliphatic rings. The van der Waals surface area contributed by atoms with Gasteiger partial charge in [0.05, 0.1) is 13.8 Å². The van der Waals surface area contributed by atoms with E-state index in [1.54, 1.807) is 14.2 Å². The molecule has 56 valence electrons. The molecule has 5 nitrogen and oxygen atoms in total. The minimum atomic E-state index is 0.661. The summed E-state index contributed by atoms with van der Waals surface area (Å²) in [6, 6.07) is 0. The molecule has 0 unspecified atom stereocenters. The summed E-state index contributed by atoms with van der Waals surface area (Å²) in [6.45, 7) is 0.661. The van der Waals surface area contributed by atoms with Crippen LogP contribution in [0, 0.1) is 0 Å². The van der Waals surface area contributed by atoms with Crippen molar-refractivity contribution in [3.05, 3.63) is 0 Å². The third-order valence-corrected chi connectivity index (χ3v) is 0.785. The Morgan fingerprint density at radius 3 is 2.44 bits per heavy atom. The van der Waals surface area contributed by atoms with Crippen molar-refractivity contribution < 1.29 is 4.84 Å². The van der Waals surface area contributed by atoms with E-state index in [1.165, 1.54) is 5.28 Å². The summed E-state index contributed by atoms with van der Waals surface area (Å²) in [5.74, 6) is 0. The highest BCUT2D eigenvalue weighted by Crippen LogP contribution is 1.67. The number of nitrogens with one attached hydrogen (secondary N) is 3. The van der Waals surface area contributed by atoms with E-state index >= 15 is 0 Å². The minimum absolute atomic E-state index is 0.661. The predicted molar refractivity (Wildman–Crippen MR) is 35.0 cm³/mol. The van der Waals surface area contributed by atoms with Gasteiger partial charge in [0.1, 0.15) is 0 Å². The standard InChI is InChI=1S/C4H14N4O/c1-5-4-7-8(6-2)9-3/h5-7H,4H2,1-3H3. The molecular weight excluding hydrogens is 120 g/mol. The van der Waals surface area contributed by atoms with Gasteiger partial charge in [-0.25, -0.2) is 10.9 Å². The fraction of sp³-hybridized carbons (Fsp3) is 1.00. The maximum atomic E-state index is 4.77. The molecule has 0 amide bonds. The van der Waals surface area contributed by atoms with E-state index < -0.39 is 0 Å². The molecule has 0 aliphatic carbocycles. The number of hydrogen-bond donors (Lipinski definition) is 3. The van der Waals surface area contributed by atoms with Gasteiger partial charge < -0.3 is 5.32 Å². The van der Waals surface area contributed by atoms with Crippen molar-refractivity contribution in [2.45, 2.75) is 0 Å². The zero-order chi connectivity index (χ0) is 7.11. The van der Waals surface area contributed by atoms with Crippen LogP contribution >= 0.6 is 0 Å². The van der Waals surface area contributed by atoms with Crippen LogP contribution in [0.25, 0.3) is 0 Å². The quantitative estimate of drug-likeness (QED) is 0.321. The molecule has 5 heteroatoms. The lowest BCUT2D eigenvalue weighted by Crippen LogP contribution is -2.48. The maximum absolute atomic E-state index is 4.77. The second kappa shape index (κ2) is 5.93. The molecule has 0 saturated heterocycles. The third kappa shape index (κ3) is 4.31. The Kier molecular flexibility index (Phi) is 5.80. The van der Waals surface area contributed by atoms with Gasteiger partial charge in [-0.2, -0.15) is 0 Å². The van der Waals surface area contributed by atoms with E-state index in [0.29, 0.717) is 6.67 Å². The molecule has 0 heterocycles. The van der Waals surface area contributed by atoms with Crippen LogP contribution in [-0.4, -0.2) is 33.2 Å². The summed E-state index contributed by atoms with van der Waals surface area (Å²) < 4.78 is 0. The van der Waals surface area contributed by atoms with Gasteiger partial charge in [-0.1, -0.05) is 5.28 Å². The van der Waals surface area contributed by atoms with Gasteiger partial charge in [0.15, 0.2) is 0 Å². The van der Waals surface area contributed by atoms with Crippen LogP contribution in [0.2, 0.25) is 0 Å². The normalized spacial score (nSPS) is 10.7. The third-order valence-electron chi connectivity index (χ3n) is 0.785. The van der Waals surface area contributed by atoms with Gasteiger partial charge in [0, 0.05) is 7.05 Å². The van der Waals surface area contributed by atoms with Crippen molar-refractivity contribution in [2.75, 3.05) is 27.9 Å². The fourth-order valence-electron chi connectivity index (χ4n) is 0.386. The zero-order valence-corrected chi connectivity index (χ0v) is 6.06. The molecule has 0 saturated carbocycles. The lowest BCUT2D eigenvalue weighted by atomic mass is 11.1. The summed E-state index contributed by atoms with van der Waals surface area (Å²) in [4.78, 5) is 4.77. The topological polar surface area (TPSA) is 48.6 Å². The number of hydrazine groups is 2. The van der Waals surface area contributed by atoms with Crippen LogP contribution in [-0.2, 0) is 4.84 Å². The second-order valence-electron chi connectivity index (χ2n) is 1.39. The van der Waals surface area contributed by atoms with Crippen LogP contribution in [0.3, 0.4) is 0 Å². The zero-order valence-electron chi connectivity index (χ0n) is 6.06. The van der Waals surface area contributed by atoms with E-state index in [9.17, 15) is 0 Å². The Balaban J connectivity index is 3.09. The first-order chi connectivity index (χ1) is 4.35. The average molecular weight is 134 g/mol. The molecule has 0 aliphatic heterocycles. The Morgan fingerprint density at radius 1 is 1.44 bits per heavy atom. The summed E-state index contributed by atoms with van der Waals surface area (Å²) in [5.41, 5.74) is 5.60. The van der Waals surface area contributed by atoms with Crippen molar-refractivity contribution in [3.63, 3.8) is 0 Å². The van der Waals surface area contributed by atoms with Crippen LogP contribution in [0.4, 0.5) is 0 Å². The maximum Gasteiger partial charge on any atom is 0.0626 e. The van der Waals surface area contributed by atoms with E-state index in [-0.39, 0.29) is 0 Å². The molecule has 0 spiro atoms. The Bertz CT molecular complexity index is 56.5. The minimum Gasteiger partial charge on any atom is -0.306 e. The summed E-state index contributed by atoms with van der Waals surface area (Å²) in [5, 5.41) is 4.29. The van der Waals surface area contributed by atoms with Gasteiger partial charge in [-0.05, 0) is 7.05 Å². The summed E-state index contributed by atoms with van der Waals surface area (Å²) >= 11 is 0. The Labute approximate surface area is 55.3 Å². The highest BCUT2D eigenvalue weighted by molar-refractivity contribution is 4.25. The Morgan fingerprint density at radius 2 is 2.11 bits per heavy atom. The van der Waals surface area contributed by atoms with Crippen LogP contribution in [0.15, 0.2) is 0 Å². The van der Waals surface area contributed by atoms with Crippen LogP contribution in [0.5, 0.6) is 0 Å². The smallest absolute Gasteiger partial charge is 0.0626 e. The number of hydrogen-bond acceptors (Lipinski definition) is 5. The van der Waals surface area contributed by atoms with E-state index in [4.69, 9.17) is 4.84 Å². The molecule has 0 aromatic carbocycles. The molecule has 0 rings (SSSR count). The second-order valence-corrected chi connectivity index (χ2v) is 1.39. The molecule has 3 N–H and O–H groups in total. The van der Waals surface area contributed by atoms with Gasteiger partial charge >= 0.3 is 0 Å². The molecule has 0 aromatic rings. The SMILES string of the molecule is CNCNN(NC)OC. The lowest BCUT2D eigenvalue weighted by molar-refractivity contribution is -0.205. The first-order valence-electron chi connectivity index (χ1n) is 2.75. The molecule has 0 aromatic heterocycles. The lowest BCUT2D eigenvalue weighted by Gasteiger charge is -2.17. The monoisotopic (exact) mass is 134 g/mol. The molecule has 9 heavy (non-hydrogen) atoms. The number of nitrogens with zero attached hydrogens (tertiary/aromatic N) is 1. The first kappa shape index (κ1) is 8.80. The van der Waals surface area contributed by atoms with Crippen molar-refractivity contribution in [1.82, 2.24) is 21.4 Å². The summed E-state index contributed by atoms with van der Waals surface area (Å²) in [7, 11) is 5.17. The van der Waals surface area contributed by atoms with Crippen molar-refractivity contribution >= 4 is 0 Å². The number of rotatable bonds is 5. The fourth-order valence-corrected chi connectivity index (χ4v) is 0.386. The van der Waals surface area contributed by atoms with Crippen LogP contribution in [0.1, 0.15) is 0 Å². The largest absolute Gasteiger partial charge is 0.306 e. The highest BCUT2D eigenvalue weighted by atomic mass is 16.7. The van der Waals surface area contributed by atoms with E-state index in [1.807, 2.05) is 7.05 Å². The summed E-state index contributed by atoms with van der Waals surface area (Å²) in [6.07, 6.45) is 0. The molecule has 0 bridgehead atoms. The van der Waals surface area contributed by atoms with E-state index in [2.05, 4.69) is 16.2 Å². The van der Waals surface area contributed by atoms with E-state index in [0.717, 1.165) is 0 Å². The van der Waals surface area contributed by atoms with Crippen molar-refractivity contribution in [1.29, 1.82) is 0 Å². The van der Waals surface area contributed by atoms with Gasteiger partial charge in [0.2, 0.25) is 0 Å². The first-order valence-corrected chi connectivity index (χ1v) is 2.75. The molecule has 0 atom stereocenters.